The minimum Gasteiger partial charge on any atom is -0.305 e. The van der Waals surface area contributed by atoms with E-state index >= 15 is 0 Å². The molecule has 0 N–H and O–H groups in total. The van der Waals surface area contributed by atoms with Crippen LogP contribution in [0.15, 0.2) is 66.0 Å². The normalized spacial score (nSPS) is 12.2. The van der Waals surface area contributed by atoms with E-state index in [4.69, 9.17) is 9.05 Å². The topological polar surface area (TPSA) is 52.6 Å². The molecule has 0 aliphatic carbocycles. The third-order valence-corrected chi connectivity index (χ3v) is 5.38. The van der Waals surface area contributed by atoms with E-state index in [1.165, 1.54) is 0 Å². The summed E-state index contributed by atoms with van der Waals surface area (Å²) in [7, 11) is -3.70. The van der Waals surface area contributed by atoms with E-state index in [-0.39, 0.29) is 24.3 Å². The maximum Gasteiger partial charge on any atom is 0.365 e. The lowest BCUT2D eigenvalue weighted by molar-refractivity contribution is 0.103. The van der Waals surface area contributed by atoms with Crippen LogP contribution in [0.3, 0.4) is 0 Å². The summed E-state index contributed by atoms with van der Waals surface area (Å²) in [6.45, 7) is 3.81. The van der Waals surface area contributed by atoms with E-state index in [1.54, 1.807) is 44.2 Å². The summed E-state index contributed by atoms with van der Waals surface area (Å²) < 4.78 is 24.0. The molecule has 126 valence electrons. The van der Waals surface area contributed by atoms with Crippen molar-refractivity contribution in [3.05, 3.63) is 77.1 Å². The van der Waals surface area contributed by atoms with Crippen molar-refractivity contribution in [3.63, 3.8) is 0 Å². The molecule has 0 saturated carbocycles. The van der Waals surface area contributed by atoms with Gasteiger partial charge in [-0.2, -0.15) is 0 Å². The van der Waals surface area contributed by atoms with Gasteiger partial charge in [0.15, 0.2) is 0 Å². The Morgan fingerprint density at radius 1 is 0.917 bits per heavy atom. The molecular formula is C19H21O4P. The highest BCUT2D eigenvalue weighted by Gasteiger charge is 2.35. The highest BCUT2D eigenvalue weighted by molar-refractivity contribution is 7.60. The Hall–Kier alpha value is -2.00. The van der Waals surface area contributed by atoms with Crippen molar-refractivity contribution in [2.45, 2.75) is 13.8 Å². The first-order valence-electron chi connectivity index (χ1n) is 7.87. The molecule has 5 heteroatoms. The largest absolute Gasteiger partial charge is 0.365 e. The lowest BCUT2D eigenvalue weighted by Crippen LogP contribution is -2.08. The lowest BCUT2D eigenvalue weighted by Gasteiger charge is -2.19. The SMILES string of the molecule is CCOP(=O)(OCC)C(=Cc1ccccc1)C(=O)c1ccccc1. The van der Waals surface area contributed by atoms with Gasteiger partial charge >= 0.3 is 7.60 Å². The van der Waals surface area contributed by atoms with Crippen molar-refractivity contribution in [2.24, 2.45) is 0 Å². The molecule has 0 aromatic heterocycles. The summed E-state index contributed by atoms with van der Waals surface area (Å²) in [6.07, 6.45) is 1.58. The number of Topliss-reactive ketones (excluding diaryl/α,β-unsaturated/α-hetero) is 1. The number of hydrogen-bond acceptors (Lipinski definition) is 4. The second-order valence-corrected chi connectivity index (χ2v) is 6.96. The van der Waals surface area contributed by atoms with Crippen LogP contribution in [0, 0.1) is 0 Å². The van der Waals surface area contributed by atoms with Crippen LogP contribution >= 0.6 is 7.60 Å². The average Bonchev–Trinajstić information content (AvgIpc) is 2.61. The molecule has 0 unspecified atom stereocenters. The number of hydrogen-bond donors (Lipinski definition) is 0. The van der Waals surface area contributed by atoms with Gasteiger partial charge < -0.3 is 9.05 Å². The Bertz CT molecular complexity index is 728. The summed E-state index contributed by atoms with van der Waals surface area (Å²) in [4.78, 5) is 12.9. The van der Waals surface area contributed by atoms with Crippen molar-refractivity contribution < 1.29 is 18.4 Å². The third-order valence-electron chi connectivity index (χ3n) is 3.26. The van der Waals surface area contributed by atoms with Gasteiger partial charge in [-0.05, 0) is 25.5 Å². The molecule has 4 nitrogen and oxygen atoms in total. The van der Waals surface area contributed by atoms with Gasteiger partial charge in [-0.3, -0.25) is 9.36 Å². The zero-order valence-electron chi connectivity index (χ0n) is 13.8. The van der Waals surface area contributed by atoms with Crippen LogP contribution in [0.1, 0.15) is 29.8 Å². The Kier molecular flexibility index (Phi) is 6.68. The summed E-state index contributed by atoms with van der Waals surface area (Å²) in [5, 5.41) is 0.0450. The van der Waals surface area contributed by atoms with Crippen LogP contribution in [-0.4, -0.2) is 19.0 Å². The monoisotopic (exact) mass is 344 g/mol. The van der Waals surface area contributed by atoms with Crippen molar-refractivity contribution in [2.75, 3.05) is 13.2 Å². The first-order chi connectivity index (χ1) is 11.6. The molecule has 0 aliphatic rings. The Morgan fingerprint density at radius 2 is 1.42 bits per heavy atom. The second-order valence-electron chi connectivity index (χ2n) is 4.97. The number of allylic oxidation sites excluding steroid dienone is 1. The fraction of sp³-hybridized carbons (Fsp3) is 0.211. The molecule has 0 atom stereocenters. The van der Waals surface area contributed by atoms with E-state index < -0.39 is 7.60 Å². The first kappa shape index (κ1) is 18.3. The molecule has 0 spiro atoms. The molecule has 24 heavy (non-hydrogen) atoms. The molecule has 2 aromatic rings. The van der Waals surface area contributed by atoms with Crippen molar-refractivity contribution in [1.29, 1.82) is 0 Å². The molecule has 0 amide bonds. The smallest absolute Gasteiger partial charge is 0.305 e. The standard InChI is InChI=1S/C19H21O4P/c1-3-22-24(21,23-4-2)18(15-16-11-7-5-8-12-16)19(20)17-13-9-6-10-14-17/h5-15H,3-4H2,1-2H3. The van der Waals surface area contributed by atoms with E-state index in [1.807, 2.05) is 36.4 Å². The summed E-state index contributed by atoms with van der Waals surface area (Å²) >= 11 is 0. The molecule has 0 radical (unpaired) electrons. The van der Waals surface area contributed by atoms with Gasteiger partial charge in [0.2, 0.25) is 5.78 Å². The Morgan fingerprint density at radius 3 is 1.92 bits per heavy atom. The molecule has 2 rings (SSSR count). The number of carbonyl (C=O) groups is 1. The Balaban J connectivity index is 2.55. The van der Waals surface area contributed by atoms with Gasteiger partial charge in [-0.1, -0.05) is 60.7 Å². The summed E-state index contributed by atoms with van der Waals surface area (Å²) in [5.74, 6) is -0.357. The molecular weight excluding hydrogens is 323 g/mol. The van der Waals surface area contributed by atoms with Crippen LogP contribution in [0.2, 0.25) is 0 Å². The average molecular weight is 344 g/mol. The zero-order valence-corrected chi connectivity index (χ0v) is 14.7. The predicted octanol–water partition coefficient (Wildman–Crippen LogP) is 5.18. The van der Waals surface area contributed by atoms with Gasteiger partial charge in [0.25, 0.3) is 0 Å². The van der Waals surface area contributed by atoms with Gasteiger partial charge in [0.1, 0.15) is 5.31 Å². The fourth-order valence-corrected chi connectivity index (χ4v) is 3.95. The molecule has 2 aromatic carbocycles. The van der Waals surface area contributed by atoms with Crippen molar-refractivity contribution >= 4 is 19.5 Å². The van der Waals surface area contributed by atoms with Gasteiger partial charge in [-0.15, -0.1) is 0 Å². The number of ketones is 1. The van der Waals surface area contributed by atoms with Crippen LogP contribution in [0.4, 0.5) is 0 Å². The fourth-order valence-electron chi connectivity index (χ4n) is 2.23. The van der Waals surface area contributed by atoms with Gasteiger partial charge in [-0.25, -0.2) is 0 Å². The Labute approximate surface area is 142 Å². The lowest BCUT2D eigenvalue weighted by atomic mass is 10.1. The molecule has 0 fully saturated rings. The summed E-state index contributed by atoms with van der Waals surface area (Å²) in [5.41, 5.74) is 1.20. The molecule has 0 heterocycles. The summed E-state index contributed by atoms with van der Waals surface area (Å²) in [6, 6.07) is 18.0. The molecule has 0 saturated heterocycles. The van der Waals surface area contributed by atoms with Gasteiger partial charge in [0, 0.05) is 5.56 Å². The number of benzene rings is 2. The van der Waals surface area contributed by atoms with Crippen molar-refractivity contribution in [1.82, 2.24) is 0 Å². The zero-order chi connectivity index (χ0) is 17.4. The van der Waals surface area contributed by atoms with Crippen molar-refractivity contribution in [3.8, 4) is 0 Å². The minimum atomic E-state index is -3.70. The van der Waals surface area contributed by atoms with E-state index in [9.17, 15) is 9.36 Å². The maximum absolute atomic E-state index is 13.2. The number of rotatable bonds is 8. The van der Waals surface area contributed by atoms with Crippen LogP contribution in [0.25, 0.3) is 6.08 Å². The number of carbonyl (C=O) groups excluding carboxylic acids is 1. The van der Waals surface area contributed by atoms with Crippen LogP contribution < -0.4 is 0 Å². The third kappa shape index (κ3) is 4.51. The van der Waals surface area contributed by atoms with Crippen LogP contribution in [-0.2, 0) is 13.6 Å². The maximum atomic E-state index is 13.2. The minimum absolute atomic E-state index is 0.0450. The second kappa shape index (κ2) is 8.74. The van der Waals surface area contributed by atoms with E-state index in [2.05, 4.69) is 0 Å². The van der Waals surface area contributed by atoms with Gasteiger partial charge in [0.05, 0.1) is 13.2 Å². The highest BCUT2D eigenvalue weighted by atomic mass is 31.2. The van der Waals surface area contributed by atoms with E-state index in [0.717, 1.165) is 5.56 Å². The molecule has 0 aliphatic heterocycles. The van der Waals surface area contributed by atoms with Crippen LogP contribution in [0.5, 0.6) is 0 Å². The first-order valence-corrected chi connectivity index (χ1v) is 9.41. The predicted molar refractivity (Wildman–Crippen MR) is 96.1 cm³/mol. The van der Waals surface area contributed by atoms with E-state index in [0.29, 0.717) is 5.56 Å². The quantitative estimate of drug-likeness (QED) is 0.376. The molecule has 0 bridgehead atoms. The highest BCUT2D eigenvalue weighted by Crippen LogP contribution is 2.57.